The standard InChI is InChI=1S/C10H22.C4H8/c1-3-5-7-9-10-8-6-4-2;1-3-4-2/h3-10H2,1-2H3;3H,1,4H2,2H3. The van der Waals surface area contributed by atoms with Crippen molar-refractivity contribution in [2.24, 2.45) is 0 Å². The molecule has 0 atom stereocenters. The Bertz CT molecular complexity index is 76.0. The third kappa shape index (κ3) is 22.6. The number of unbranched alkanes of at least 4 members (excludes halogenated alkanes) is 7. The minimum atomic E-state index is 1.08. The van der Waals surface area contributed by atoms with Gasteiger partial charge < -0.3 is 0 Å². The van der Waals surface area contributed by atoms with Crippen molar-refractivity contribution in [3.63, 3.8) is 0 Å². The molecule has 0 aliphatic heterocycles. The lowest BCUT2D eigenvalue weighted by Gasteiger charge is -1.97. The van der Waals surface area contributed by atoms with Gasteiger partial charge in [0.05, 0.1) is 0 Å². The van der Waals surface area contributed by atoms with Crippen molar-refractivity contribution in [3.8, 4) is 0 Å². The molecule has 0 fully saturated rings. The molecular weight excluding hydrogens is 168 g/mol. The lowest BCUT2D eigenvalue weighted by molar-refractivity contribution is 0.585. The predicted molar refractivity (Wildman–Crippen MR) is 68.8 cm³/mol. The van der Waals surface area contributed by atoms with Crippen LogP contribution in [0.25, 0.3) is 0 Å². The molecule has 0 unspecified atom stereocenters. The Balaban J connectivity index is 0. The molecule has 0 rings (SSSR count). The molecule has 0 amide bonds. The molecule has 0 aliphatic carbocycles. The van der Waals surface area contributed by atoms with E-state index in [1.54, 1.807) is 0 Å². The van der Waals surface area contributed by atoms with E-state index in [4.69, 9.17) is 0 Å². The molecule has 0 heteroatoms. The Morgan fingerprint density at radius 3 is 1.21 bits per heavy atom. The molecule has 0 N–H and O–H groups in total. The molecule has 0 bridgehead atoms. The van der Waals surface area contributed by atoms with E-state index in [9.17, 15) is 0 Å². The van der Waals surface area contributed by atoms with Gasteiger partial charge in [-0.15, -0.1) is 6.58 Å². The summed E-state index contributed by atoms with van der Waals surface area (Å²) in [6.45, 7) is 10.1. The summed E-state index contributed by atoms with van der Waals surface area (Å²) in [7, 11) is 0. The maximum atomic E-state index is 3.48. The van der Waals surface area contributed by atoms with Crippen LogP contribution in [0.5, 0.6) is 0 Å². The van der Waals surface area contributed by atoms with Crippen molar-refractivity contribution in [1.29, 1.82) is 0 Å². The van der Waals surface area contributed by atoms with Crippen LogP contribution in [-0.4, -0.2) is 0 Å². The van der Waals surface area contributed by atoms with Gasteiger partial charge in [0, 0.05) is 0 Å². The largest absolute Gasteiger partial charge is 0.103 e. The number of allylic oxidation sites excluding steroid dienone is 1. The van der Waals surface area contributed by atoms with Crippen LogP contribution in [-0.2, 0) is 0 Å². The van der Waals surface area contributed by atoms with Gasteiger partial charge in [-0.05, 0) is 6.42 Å². The second-order valence-electron chi connectivity index (χ2n) is 3.82. The van der Waals surface area contributed by atoms with Crippen molar-refractivity contribution >= 4 is 0 Å². The summed E-state index contributed by atoms with van der Waals surface area (Å²) in [5.74, 6) is 0. The van der Waals surface area contributed by atoms with Gasteiger partial charge in [0.25, 0.3) is 0 Å². The lowest BCUT2D eigenvalue weighted by atomic mass is 10.1. The van der Waals surface area contributed by atoms with Gasteiger partial charge in [-0.3, -0.25) is 0 Å². The summed E-state index contributed by atoms with van der Waals surface area (Å²) < 4.78 is 0. The first kappa shape index (κ1) is 16.2. The highest BCUT2D eigenvalue weighted by Crippen LogP contribution is 2.07. The monoisotopic (exact) mass is 198 g/mol. The van der Waals surface area contributed by atoms with E-state index in [2.05, 4.69) is 27.4 Å². The highest BCUT2D eigenvalue weighted by atomic mass is 13.9. The Labute approximate surface area is 91.8 Å². The van der Waals surface area contributed by atoms with Gasteiger partial charge in [-0.2, -0.15) is 0 Å². The van der Waals surface area contributed by atoms with Gasteiger partial charge in [0.2, 0.25) is 0 Å². The molecule has 0 saturated carbocycles. The second kappa shape index (κ2) is 18.5. The molecule has 86 valence electrons. The van der Waals surface area contributed by atoms with Crippen LogP contribution in [0.4, 0.5) is 0 Å². The Kier molecular flexibility index (Phi) is 21.4. The molecule has 0 aromatic rings. The SMILES string of the molecule is C=CCC.CCCCCCCCCC. The predicted octanol–water partition coefficient (Wildman–Crippen LogP) is 5.73. The van der Waals surface area contributed by atoms with Gasteiger partial charge in [-0.25, -0.2) is 0 Å². The number of hydrogen-bond donors (Lipinski definition) is 0. The highest BCUT2D eigenvalue weighted by molar-refractivity contribution is 4.60. The molecule has 0 radical (unpaired) electrons. The van der Waals surface area contributed by atoms with Crippen LogP contribution in [0.2, 0.25) is 0 Å². The van der Waals surface area contributed by atoms with Crippen molar-refractivity contribution in [2.45, 2.75) is 78.6 Å². The highest BCUT2D eigenvalue weighted by Gasteiger charge is 1.87. The van der Waals surface area contributed by atoms with Crippen LogP contribution in [0.1, 0.15) is 78.6 Å². The van der Waals surface area contributed by atoms with Gasteiger partial charge >= 0.3 is 0 Å². The number of rotatable bonds is 8. The number of hydrogen-bond acceptors (Lipinski definition) is 0. The first-order chi connectivity index (χ1) is 6.83. The van der Waals surface area contributed by atoms with Gasteiger partial charge in [0.1, 0.15) is 0 Å². The topological polar surface area (TPSA) is 0 Å². The molecule has 0 saturated heterocycles. The van der Waals surface area contributed by atoms with Crippen molar-refractivity contribution in [1.82, 2.24) is 0 Å². The summed E-state index contributed by atoms with van der Waals surface area (Å²) in [6, 6.07) is 0. The van der Waals surface area contributed by atoms with Crippen LogP contribution >= 0.6 is 0 Å². The van der Waals surface area contributed by atoms with E-state index in [-0.39, 0.29) is 0 Å². The summed E-state index contributed by atoms with van der Waals surface area (Å²) in [5, 5.41) is 0. The van der Waals surface area contributed by atoms with Crippen LogP contribution in [0.15, 0.2) is 12.7 Å². The van der Waals surface area contributed by atoms with Crippen LogP contribution in [0, 0.1) is 0 Å². The normalized spacial score (nSPS) is 9.07. The fourth-order valence-corrected chi connectivity index (χ4v) is 1.21. The summed E-state index contributed by atoms with van der Waals surface area (Å²) in [5.41, 5.74) is 0. The molecule has 0 aromatic carbocycles. The van der Waals surface area contributed by atoms with E-state index < -0.39 is 0 Å². The quantitative estimate of drug-likeness (QED) is 0.345. The van der Waals surface area contributed by atoms with E-state index in [1.165, 1.54) is 51.4 Å². The van der Waals surface area contributed by atoms with E-state index >= 15 is 0 Å². The van der Waals surface area contributed by atoms with E-state index in [1.807, 2.05) is 6.08 Å². The maximum absolute atomic E-state index is 3.48. The van der Waals surface area contributed by atoms with Crippen LogP contribution in [0.3, 0.4) is 0 Å². The summed E-state index contributed by atoms with van der Waals surface area (Å²) in [6.07, 6.45) is 14.4. The van der Waals surface area contributed by atoms with Crippen molar-refractivity contribution < 1.29 is 0 Å². The minimum Gasteiger partial charge on any atom is -0.103 e. The van der Waals surface area contributed by atoms with Gasteiger partial charge in [-0.1, -0.05) is 78.2 Å². The second-order valence-corrected chi connectivity index (χ2v) is 3.82. The van der Waals surface area contributed by atoms with Gasteiger partial charge in [0.15, 0.2) is 0 Å². The molecule has 0 aromatic heterocycles. The van der Waals surface area contributed by atoms with E-state index in [0.717, 1.165) is 6.42 Å². The molecule has 0 nitrogen and oxygen atoms in total. The Morgan fingerprint density at radius 1 is 0.714 bits per heavy atom. The average Bonchev–Trinajstić information content (AvgIpc) is 2.24. The smallest absolute Gasteiger partial charge is 0.0382 e. The zero-order valence-electron chi connectivity index (χ0n) is 10.6. The molecule has 14 heavy (non-hydrogen) atoms. The van der Waals surface area contributed by atoms with E-state index in [0.29, 0.717) is 0 Å². The zero-order chi connectivity index (χ0) is 11.1. The zero-order valence-corrected chi connectivity index (χ0v) is 10.6. The average molecular weight is 198 g/mol. The third-order valence-corrected chi connectivity index (χ3v) is 2.25. The van der Waals surface area contributed by atoms with Crippen molar-refractivity contribution in [2.75, 3.05) is 0 Å². The fourth-order valence-electron chi connectivity index (χ4n) is 1.21. The Hall–Kier alpha value is -0.260. The molecular formula is C14H30. The van der Waals surface area contributed by atoms with Crippen molar-refractivity contribution in [3.05, 3.63) is 12.7 Å². The minimum absolute atomic E-state index is 1.08. The third-order valence-electron chi connectivity index (χ3n) is 2.25. The lowest BCUT2D eigenvalue weighted by Crippen LogP contribution is -1.77. The molecule has 0 heterocycles. The molecule has 0 aliphatic rings. The summed E-state index contributed by atoms with van der Waals surface area (Å²) in [4.78, 5) is 0. The molecule has 0 spiro atoms. The van der Waals surface area contributed by atoms with Crippen LogP contribution < -0.4 is 0 Å². The Morgan fingerprint density at radius 2 is 1.00 bits per heavy atom. The fraction of sp³-hybridized carbons (Fsp3) is 0.857. The maximum Gasteiger partial charge on any atom is -0.0382 e. The summed E-state index contributed by atoms with van der Waals surface area (Å²) >= 11 is 0. The first-order valence-corrected chi connectivity index (χ1v) is 6.44. The first-order valence-electron chi connectivity index (χ1n) is 6.44.